The number of aromatic nitrogens is 1. The van der Waals surface area contributed by atoms with Crippen LogP contribution in [0.2, 0.25) is 10.3 Å². The van der Waals surface area contributed by atoms with E-state index in [0.29, 0.717) is 6.42 Å². The largest absolute Gasteiger partial charge is 0.388 e. The van der Waals surface area contributed by atoms with Crippen LogP contribution in [0.1, 0.15) is 37.0 Å². The molecule has 1 aromatic heterocycles. The van der Waals surface area contributed by atoms with Gasteiger partial charge in [-0.25, -0.2) is 4.98 Å². The Morgan fingerprint density at radius 3 is 2.72 bits per heavy atom. The number of pyridine rings is 1. The molecule has 0 saturated heterocycles. The maximum Gasteiger partial charge on any atom is 0.254 e. The highest BCUT2D eigenvalue weighted by Gasteiger charge is 2.21. The highest BCUT2D eigenvalue weighted by Crippen LogP contribution is 2.17. The summed E-state index contributed by atoms with van der Waals surface area (Å²) in [7, 11) is 0. The Kier molecular flexibility index (Phi) is 5.38. The normalized spacial score (nSPS) is 14.1. The van der Waals surface area contributed by atoms with Crippen molar-refractivity contribution < 1.29 is 9.90 Å². The fourth-order valence-corrected chi connectivity index (χ4v) is 2.01. The number of nitrogens with zero attached hydrogens (tertiary/aromatic N) is 1. The summed E-state index contributed by atoms with van der Waals surface area (Å²) in [5.74, 6) is -0.374. The molecule has 1 aromatic rings. The summed E-state index contributed by atoms with van der Waals surface area (Å²) >= 11 is 11.5. The van der Waals surface area contributed by atoms with E-state index in [1.54, 1.807) is 6.92 Å². The van der Waals surface area contributed by atoms with Crippen LogP contribution >= 0.6 is 23.2 Å². The van der Waals surface area contributed by atoms with Gasteiger partial charge in [0, 0.05) is 6.54 Å². The monoisotopic (exact) mass is 290 g/mol. The molecule has 0 saturated carbocycles. The molecule has 100 valence electrons. The third kappa shape index (κ3) is 4.44. The van der Waals surface area contributed by atoms with Gasteiger partial charge in [-0.15, -0.1) is 0 Å². The molecule has 1 atom stereocenters. The van der Waals surface area contributed by atoms with E-state index >= 15 is 0 Å². The zero-order valence-electron chi connectivity index (χ0n) is 10.3. The molecule has 0 radical (unpaired) electrons. The second-order valence-electron chi connectivity index (χ2n) is 4.40. The Morgan fingerprint density at radius 1 is 1.50 bits per heavy atom. The SMILES string of the molecule is CCCC(C)(O)CNC(=O)c1ccc(Cl)nc1Cl. The predicted octanol–water partition coefficient (Wildman–Crippen LogP) is 2.67. The summed E-state index contributed by atoms with van der Waals surface area (Å²) < 4.78 is 0. The first-order valence-corrected chi connectivity index (χ1v) is 6.44. The molecule has 6 heteroatoms. The minimum Gasteiger partial charge on any atom is -0.388 e. The van der Waals surface area contributed by atoms with Gasteiger partial charge < -0.3 is 10.4 Å². The molecule has 1 rings (SSSR count). The third-order valence-corrected chi connectivity index (χ3v) is 2.98. The van der Waals surface area contributed by atoms with Crippen LogP contribution in [0.15, 0.2) is 12.1 Å². The van der Waals surface area contributed by atoms with Crippen molar-refractivity contribution in [1.82, 2.24) is 10.3 Å². The van der Waals surface area contributed by atoms with Crippen LogP contribution in [0.4, 0.5) is 0 Å². The average molecular weight is 291 g/mol. The maximum absolute atomic E-state index is 11.8. The minimum atomic E-state index is -0.920. The number of carbonyl (C=O) groups excluding carboxylic acids is 1. The topological polar surface area (TPSA) is 62.2 Å². The lowest BCUT2D eigenvalue weighted by molar-refractivity contribution is 0.0469. The van der Waals surface area contributed by atoms with Gasteiger partial charge in [0.1, 0.15) is 10.3 Å². The van der Waals surface area contributed by atoms with E-state index in [2.05, 4.69) is 10.3 Å². The van der Waals surface area contributed by atoms with Crippen LogP contribution in [-0.4, -0.2) is 28.1 Å². The molecule has 1 amide bonds. The first-order chi connectivity index (χ1) is 8.35. The standard InChI is InChI=1S/C12H16Cl2N2O2/c1-3-6-12(2,18)7-15-11(17)8-4-5-9(13)16-10(8)14/h4-5,18H,3,6-7H2,1-2H3,(H,15,17). The van der Waals surface area contributed by atoms with E-state index in [0.717, 1.165) is 6.42 Å². The molecule has 0 spiro atoms. The fraction of sp³-hybridized carbons (Fsp3) is 0.500. The summed E-state index contributed by atoms with van der Waals surface area (Å²) in [5.41, 5.74) is -0.676. The van der Waals surface area contributed by atoms with E-state index in [1.807, 2.05) is 6.92 Å². The molecule has 0 aromatic carbocycles. The van der Waals surface area contributed by atoms with Crippen LogP contribution in [0.25, 0.3) is 0 Å². The zero-order chi connectivity index (χ0) is 13.8. The van der Waals surface area contributed by atoms with Crippen molar-refractivity contribution in [3.63, 3.8) is 0 Å². The Morgan fingerprint density at radius 2 is 2.17 bits per heavy atom. The molecule has 0 aliphatic heterocycles. The van der Waals surface area contributed by atoms with Gasteiger partial charge in [0.25, 0.3) is 5.91 Å². The van der Waals surface area contributed by atoms with Crippen LogP contribution in [-0.2, 0) is 0 Å². The number of hydrogen-bond donors (Lipinski definition) is 2. The second-order valence-corrected chi connectivity index (χ2v) is 5.15. The molecule has 0 bridgehead atoms. The molecule has 0 aliphatic carbocycles. The Bertz CT molecular complexity index is 436. The van der Waals surface area contributed by atoms with E-state index in [-0.39, 0.29) is 28.3 Å². The lowest BCUT2D eigenvalue weighted by Crippen LogP contribution is -2.40. The molecule has 0 aliphatic rings. The van der Waals surface area contributed by atoms with E-state index < -0.39 is 5.60 Å². The van der Waals surface area contributed by atoms with E-state index in [4.69, 9.17) is 23.2 Å². The summed E-state index contributed by atoms with van der Waals surface area (Å²) in [6.07, 6.45) is 1.45. The van der Waals surface area contributed by atoms with Gasteiger partial charge in [-0.2, -0.15) is 0 Å². The van der Waals surface area contributed by atoms with Crippen LogP contribution in [0, 0.1) is 0 Å². The Labute approximate surface area is 116 Å². The quantitative estimate of drug-likeness (QED) is 0.820. The van der Waals surface area contributed by atoms with Crippen LogP contribution in [0.5, 0.6) is 0 Å². The first kappa shape index (κ1) is 15.2. The van der Waals surface area contributed by atoms with E-state index in [1.165, 1.54) is 12.1 Å². The second kappa shape index (κ2) is 6.36. The number of halogens is 2. The predicted molar refractivity (Wildman–Crippen MR) is 72.1 cm³/mol. The third-order valence-electron chi connectivity index (χ3n) is 2.48. The number of hydrogen-bond acceptors (Lipinski definition) is 3. The van der Waals surface area contributed by atoms with Crippen molar-refractivity contribution in [2.75, 3.05) is 6.54 Å². The van der Waals surface area contributed by atoms with E-state index in [9.17, 15) is 9.90 Å². The molecule has 1 heterocycles. The van der Waals surface area contributed by atoms with Crippen molar-refractivity contribution in [3.8, 4) is 0 Å². The number of nitrogens with one attached hydrogen (secondary N) is 1. The molecule has 18 heavy (non-hydrogen) atoms. The van der Waals surface area contributed by atoms with Gasteiger partial charge in [-0.05, 0) is 25.5 Å². The Balaban J connectivity index is 2.66. The molecular weight excluding hydrogens is 275 g/mol. The minimum absolute atomic E-state index is 0.0511. The molecule has 1 unspecified atom stereocenters. The lowest BCUT2D eigenvalue weighted by atomic mass is 10.0. The van der Waals surface area contributed by atoms with Gasteiger partial charge in [-0.1, -0.05) is 36.5 Å². The summed E-state index contributed by atoms with van der Waals surface area (Å²) in [6, 6.07) is 2.99. The summed E-state index contributed by atoms with van der Waals surface area (Å²) in [4.78, 5) is 15.6. The first-order valence-electron chi connectivity index (χ1n) is 5.68. The van der Waals surface area contributed by atoms with Gasteiger partial charge >= 0.3 is 0 Å². The van der Waals surface area contributed by atoms with Crippen molar-refractivity contribution in [3.05, 3.63) is 28.0 Å². The molecule has 2 N–H and O–H groups in total. The summed E-state index contributed by atoms with van der Waals surface area (Å²) in [6.45, 7) is 3.81. The van der Waals surface area contributed by atoms with Crippen LogP contribution < -0.4 is 5.32 Å². The average Bonchev–Trinajstić information content (AvgIpc) is 2.26. The summed E-state index contributed by atoms with van der Waals surface area (Å²) in [5, 5.41) is 12.8. The number of rotatable bonds is 5. The van der Waals surface area contributed by atoms with Gasteiger partial charge in [0.2, 0.25) is 0 Å². The highest BCUT2D eigenvalue weighted by atomic mass is 35.5. The fourth-order valence-electron chi connectivity index (χ4n) is 1.57. The van der Waals surface area contributed by atoms with Crippen molar-refractivity contribution >= 4 is 29.1 Å². The van der Waals surface area contributed by atoms with Gasteiger partial charge in [0.05, 0.1) is 11.2 Å². The van der Waals surface area contributed by atoms with Gasteiger partial charge in [0.15, 0.2) is 0 Å². The van der Waals surface area contributed by atoms with Crippen molar-refractivity contribution in [2.45, 2.75) is 32.3 Å². The number of carbonyl (C=O) groups is 1. The van der Waals surface area contributed by atoms with Crippen LogP contribution in [0.3, 0.4) is 0 Å². The molecular formula is C12H16Cl2N2O2. The van der Waals surface area contributed by atoms with Crippen molar-refractivity contribution in [1.29, 1.82) is 0 Å². The van der Waals surface area contributed by atoms with Crippen molar-refractivity contribution in [2.24, 2.45) is 0 Å². The zero-order valence-corrected chi connectivity index (χ0v) is 11.8. The number of aliphatic hydroxyl groups is 1. The highest BCUT2D eigenvalue weighted by molar-refractivity contribution is 6.34. The number of amides is 1. The lowest BCUT2D eigenvalue weighted by Gasteiger charge is -2.22. The van der Waals surface area contributed by atoms with Gasteiger partial charge in [-0.3, -0.25) is 4.79 Å². The Hall–Kier alpha value is -0.840. The molecule has 0 fully saturated rings. The molecule has 4 nitrogen and oxygen atoms in total. The maximum atomic E-state index is 11.8. The smallest absolute Gasteiger partial charge is 0.254 e.